The number of benzene rings is 1. The maximum absolute atomic E-state index is 11.2. The summed E-state index contributed by atoms with van der Waals surface area (Å²) in [5.74, 6) is 2.19. The van der Waals surface area contributed by atoms with Crippen LogP contribution < -0.4 is 5.32 Å². The third-order valence-corrected chi connectivity index (χ3v) is 1.48. The topological polar surface area (TPSA) is 49.3 Å². The second-order valence-electron chi connectivity index (χ2n) is 2.43. The molecule has 0 aliphatic carbocycles. The Morgan fingerprint density at radius 2 is 2.08 bits per heavy atom. The molecule has 0 saturated heterocycles. The maximum Gasteiger partial charge on any atom is 0.252 e. The fraction of sp³-hybridized carbons (Fsp3) is 0.100. The molecule has 0 fully saturated rings. The number of carbonyl (C=O) groups excluding carboxylic acids is 1. The molecule has 1 amide bonds. The molecule has 0 unspecified atom stereocenters. The first kappa shape index (κ1) is 9.14. The van der Waals surface area contributed by atoms with Crippen molar-refractivity contribution in [2.24, 2.45) is 0 Å². The van der Waals surface area contributed by atoms with Crippen molar-refractivity contribution in [3.8, 4) is 18.1 Å². The van der Waals surface area contributed by atoms with Crippen molar-refractivity contribution in [2.45, 2.75) is 0 Å². The summed E-state index contributed by atoms with van der Waals surface area (Å²) in [5, 5.41) is 11.5. The van der Waals surface area contributed by atoms with E-state index in [0.29, 0.717) is 5.56 Å². The number of rotatable bonds is 2. The number of terminal acetylenes is 1. The van der Waals surface area contributed by atoms with E-state index in [9.17, 15) is 4.79 Å². The zero-order valence-corrected chi connectivity index (χ0v) is 6.95. The number of carbonyl (C=O) groups is 1. The summed E-state index contributed by atoms with van der Waals surface area (Å²) in [7, 11) is 0. The Hall–Kier alpha value is -1.95. The third kappa shape index (κ3) is 2.53. The molecule has 0 heterocycles. The first-order chi connectivity index (χ1) is 6.24. The zero-order chi connectivity index (χ0) is 9.68. The summed E-state index contributed by atoms with van der Waals surface area (Å²) in [4.78, 5) is 11.2. The number of nitrogens with one attached hydrogen (secondary N) is 1. The Balaban J connectivity index is 2.68. The number of hydrogen-bond donors (Lipinski definition) is 2. The van der Waals surface area contributed by atoms with Crippen LogP contribution in [0.3, 0.4) is 0 Å². The quantitative estimate of drug-likeness (QED) is 0.652. The molecule has 13 heavy (non-hydrogen) atoms. The van der Waals surface area contributed by atoms with E-state index in [-0.39, 0.29) is 18.2 Å². The van der Waals surface area contributed by atoms with Crippen molar-refractivity contribution in [1.29, 1.82) is 0 Å². The van der Waals surface area contributed by atoms with E-state index in [0.717, 1.165) is 0 Å². The lowest BCUT2D eigenvalue weighted by Gasteiger charge is -2.00. The van der Waals surface area contributed by atoms with E-state index in [1.807, 2.05) is 0 Å². The van der Waals surface area contributed by atoms with Crippen molar-refractivity contribution in [3.63, 3.8) is 0 Å². The number of hydrogen-bond acceptors (Lipinski definition) is 2. The number of phenols is 1. The van der Waals surface area contributed by atoms with Crippen molar-refractivity contribution < 1.29 is 9.90 Å². The first-order valence-electron chi connectivity index (χ1n) is 3.74. The van der Waals surface area contributed by atoms with Gasteiger partial charge in [-0.2, -0.15) is 0 Å². The fourth-order valence-electron chi connectivity index (χ4n) is 0.846. The fourth-order valence-corrected chi connectivity index (χ4v) is 0.846. The van der Waals surface area contributed by atoms with Gasteiger partial charge >= 0.3 is 0 Å². The average Bonchev–Trinajstić information content (AvgIpc) is 2.15. The summed E-state index contributed by atoms with van der Waals surface area (Å²) in [6, 6.07) is 5.96. The van der Waals surface area contributed by atoms with Gasteiger partial charge < -0.3 is 10.4 Å². The molecule has 0 radical (unpaired) electrons. The molecule has 0 spiro atoms. The van der Waals surface area contributed by atoms with E-state index in [4.69, 9.17) is 11.5 Å². The number of aromatic hydroxyl groups is 1. The predicted octanol–water partition coefficient (Wildman–Crippen LogP) is 0.755. The van der Waals surface area contributed by atoms with Crippen LogP contribution in [0.5, 0.6) is 5.75 Å². The first-order valence-corrected chi connectivity index (χ1v) is 3.74. The largest absolute Gasteiger partial charge is 0.508 e. The lowest BCUT2D eigenvalue weighted by molar-refractivity contribution is 0.0958. The molecular formula is C10H9NO2. The van der Waals surface area contributed by atoms with Crippen LogP contribution in [0.2, 0.25) is 0 Å². The van der Waals surface area contributed by atoms with E-state index < -0.39 is 0 Å². The van der Waals surface area contributed by atoms with E-state index >= 15 is 0 Å². The zero-order valence-electron chi connectivity index (χ0n) is 6.95. The average molecular weight is 175 g/mol. The smallest absolute Gasteiger partial charge is 0.252 e. The van der Waals surface area contributed by atoms with Gasteiger partial charge in [0.15, 0.2) is 0 Å². The standard InChI is InChI=1S/C10H9NO2/c1-2-7-11-10(13)8-3-5-9(12)6-4-8/h1,3-6,12H,7H2,(H,11,13). The van der Waals surface area contributed by atoms with Gasteiger partial charge in [0.25, 0.3) is 5.91 Å². The van der Waals surface area contributed by atoms with Gasteiger partial charge in [-0.1, -0.05) is 5.92 Å². The van der Waals surface area contributed by atoms with Crippen molar-refractivity contribution in [2.75, 3.05) is 6.54 Å². The van der Waals surface area contributed by atoms with Crippen LogP contribution in [-0.4, -0.2) is 17.6 Å². The van der Waals surface area contributed by atoms with Gasteiger partial charge in [-0.3, -0.25) is 4.79 Å². The highest BCUT2D eigenvalue weighted by Crippen LogP contribution is 2.08. The van der Waals surface area contributed by atoms with Gasteiger partial charge in [-0.15, -0.1) is 6.42 Å². The molecular weight excluding hydrogens is 166 g/mol. The monoisotopic (exact) mass is 175 g/mol. The van der Waals surface area contributed by atoms with E-state index in [2.05, 4.69) is 11.2 Å². The van der Waals surface area contributed by atoms with Gasteiger partial charge in [0, 0.05) is 5.56 Å². The highest BCUT2D eigenvalue weighted by molar-refractivity contribution is 5.94. The van der Waals surface area contributed by atoms with Gasteiger partial charge in [-0.05, 0) is 24.3 Å². The molecule has 3 heteroatoms. The molecule has 0 saturated carbocycles. The highest BCUT2D eigenvalue weighted by atomic mass is 16.3. The Morgan fingerprint density at radius 3 is 2.62 bits per heavy atom. The Morgan fingerprint density at radius 1 is 1.46 bits per heavy atom. The Bertz CT molecular complexity index is 335. The SMILES string of the molecule is C#CCNC(=O)c1ccc(O)cc1. The second-order valence-corrected chi connectivity index (χ2v) is 2.43. The molecule has 2 N–H and O–H groups in total. The van der Waals surface area contributed by atoms with Gasteiger partial charge in [-0.25, -0.2) is 0 Å². The Labute approximate surface area is 76.4 Å². The van der Waals surface area contributed by atoms with Crippen molar-refractivity contribution in [1.82, 2.24) is 5.32 Å². The number of phenolic OH excluding ortho intramolecular Hbond substituents is 1. The van der Waals surface area contributed by atoms with Crippen molar-refractivity contribution >= 4 is 5.91 Å². The molecule has 1 rings (SSSR count). The minimum Gasteiger partial charge on any atom is -0.508 e. The molecule has 0 aliphatic rings. The molecule has 1 aromatic rings. The normalized spacial score (nSPS) is 8.85. The molecule has 0 aliphatic heterocycles. The lowest BCUT2D eigenvalue weighted by atomic mass is 10.2. The Kier molecular flexibility index (Phi) is 2.93. The summed E-state index contributed by atoms with van der Waals surface area (Å²) >= 11 is 0. The minimum atomic E-state index is -0.238. The predicted molar refractivity (Wildman–Crippen MR) is 49.3 cm³/mol. The van der Waals surface area contributed by atoms with Crippen LogP contribution in [0.4, 0.5) is 0 Å². The number of amides is 1. The minimum absolute atomic E-state index is 0.133. The molecule has 1 aromatic carbocycles. The van der Waals surface area contributed by atoms with Crippen LogP contribution in [-0.2, 0) is 0 Å². The third-order valence-electron chi connectivity index (χ3n) is 1.48. The van der Waals surface area contributed by atoms with E-state index in [1.165, 1.54) is 24.3 Å². The van der Waals surface area contributed by atoms with Crippen LogP contribution in [0.1, 0.15) is 10.4 Å². The highest BCUT2D eigenvalue weighted by Gasteiger charge is 2.02. The lowest BCUT2D eigenvalue weighted by Crippen LogP contribution is -2.23. The van der Waals surface area contributed by atoms with Crippen LogP contribution in [0.25, 0.3) is 0 Å². The van der Waals surface area contributed by atoms with Crippen LogP contribution in [0, 0.1) is 12.3 Å². The van der Waals surface area contributed by atoms with Gasteiger partial charge in [0.1, 0.15) is 5.75 Å². The molecule has 0 aromatic heterocycles. The van der Waals surface area contributed by atoms with E-state index in [1.54, 1.807) is 0 Å². The van der Waals surface area contributed by atoms with Gasteiger partial charge in [0.2, 0.25) is 0 Å². The summed E-state index contributed by atoms with van der Waals surface area (Å²) < 4.78 is 0. The van der Waals surface area contributed by atoms with Crippen LogP contribution in [0.15, 0.2) is 24.3 Å². The molecule has 0 bridgehead atoms. The molecule has 3 nitrogen and oxygen atoms in total. The summed E-state index contributed by atoms with van der Waals surface area (Å²) in [6.07, 6.45) is 4.97. The molecule has 0 atom stereocenters. The van der Waals surface area contributed by atoms with Crippen LogP contribution >= 0.6 is 0 Å². The second kappa shape index (κ2) is 4.17. The summed E-state index contributed by atoms with van der Waals surface area (Å²) in [5.41, 5.74) is 0.480. The van der Waals surface area contributed by atoms with Gasteiger partial charge in [0.05, 0.1) is 6.54 Å². The maximum atomic E-state index is 11.2. The molecule has 66 valence electrons. The van der Waals surface area contributed by atoms with Crippen molar-refractivity contribution in [3.05, 3.63) is 29.8 Å². The summed E-state index contributed by atoms with van der Waals surface area (Å²) in [6.45, 7) is 0.208.